The van der Waals surface area contributed by atoms with Gasteiger partial charge in [0.1, 0.15) is 0 Å². The van der Waals surface area contributed by atoms with Crippen molar-refractivity contribution in [3.8, 4) is 22.4 Å². The second-order valence-electron chi connectivity index (χ2n) is 10.3. The van der Waals surface area contributed by atoms with Crippen LogP contribution in [0.25, 0.3) is 33.0 Å². The molecule has 0 radical (unpaired) electrons. The molecule has 43 heavy (non-hydrogen) atoms. The Kier molecular flexibility index (Phi) is 8.69. The smallest absolute Gasteiger partial charge is 0.684 e. The quantitative estimate of drug-likeness (QED) is 0.170. The van der Waals surface area contributed by atoms with E-state index in [0.717, 1.165) is 56.4 Å². The van der Waals surface area contributed by atoms with E-state index in [4.69, 9.17) is 15.6 Å². The van der Waals surface area contributed by atoms with Crippen LogP contribution in [0.3, 0.4) is 0 Å². The molecule has 0 saturated carbocycles. The molecule has 3 aromatic carbocycles. The summed E-state index contributed by atoms with van der Waals surface area (Å²) in [5.74, 6) is 0. The summed E-state index contributed by atoms with van der Waals surface area (Å²) in [5.41, 5.74) is 9.49. The van der Waals surface area contributed by atoms with Gasteiger partial charge < -0.3 is 10.6 Å². The zero-order chi connectivity index (χ0) is 28.1. The van der Waals surface area contributed by atoms with E-state index in [1.165, 1.54) is 0 Å². The van der Waals surface area contributed by atoms with Gasteiger partial charge in [-0.2, -0.15) is 5.69 Å². The first-order valence-electron chi connectivity index (χ1n) is 14.2. The number of para-hydroxylation sites is 2. The molecular formula is C37H28IrN5. The summed E-state index contributed by atoms with van der Waals surface area (Å²) >= 11 is 0. The van der Waals surface area contributed by atoms with Crippen molar-refractivity contribution < 1.29 is 20.1 Å². The molecule has 0 aliphatic carbocycles. The van der Waals surface area contributed by atoms with E-state index in [0.29, 0.717) is 12.8 Å². The molecule has 0 fully saturated rings. The number of nitrogens with zero attached hydrogens (tertiary/aromatic N) is 5. The Hall–Kier alpha value is -4.64. The van der Waals surface area contributed by atoms with Crippen LogP contribution < -0.4 is 0 Å². The summed E-state index contributed by atoms with van der Waals surface area (Å²) < 4.78 is 0. The third kappa shape index (κ3) is 6.41. The molecule has 0 saturated heterocycles. The van der Waals surface area contributed by atoms with Crippen LogP contribution in [0, 0.1) is 6.07 Å². The maximum absolute atomic E-state index is 5.35. The van der Waals surface area contributed by atoms with Crippen molar-refractivity contribution in [1.82, 2.24) is 15.0 Å². The second-order valence-corrected chi connectivity index (χ2v) is 10.3. The van der Waals surface area contributed by atoms with Gasteiger partial charge in [-0.15, -0.1) is 52.7 Å². The van der Waals surface area contributed by atoms with E-state index in [1.807, 2.05) is 60.9 Å². The van der Waals surface area contributed by atoms with Gasteiger partial charge in [0, 0.05) is 29.5 Å². The standard InChI is InChI=1S/C37H28N5.Ir/c1-3-17-32-30(15-1)26-11-9-12-27(23-26)36(24-28-13-5-7-21-38-28)41-33-18-4-2-16-31(33)34-19-10-20-35(40-34)37(42-32)25-29-14-6-8-22-39-29;/h1-22,36-37H,24-25H2;/q-3;+3. The number of pyridine rings is 3. The fourth-order valence-electron chi connectivity index (χ4n) is 5.45. The molecule has 4 heterocycles. The van der Waals surface area contributed by atoms with E-state index >= 15 is 0 Å². The van der Waals surface area contributed by atoms with Gasteiger partial charge in [0.25, 0.3) is 0 Å². The molecule has 1 aliphatic heterocycles. The molecule has 5 nitrogen and oxygen atoms in total. The second kappa shape index (κ2) is 13.1. The summed E-state index contributed by atoms with van der Waals surface area (Å²) in [6.07, 6.45) is 4.95. The Balaban J connectivity index is 0.00000329. The first-order valence-corrected chi connectivity index (χ1v) is 14.2. The number of hydrogen-bond donors (Lipinski definition) is 0. The van der Waals surface area contributed by atoms with Crippen LogP contribution in [0.1, 0.15) is 34.7 Å². The Morgan fingerprint density at radius 2 is 1.16 bits per heavy atom. The van der Waals surface area contributed by atoms with Crippen molar-refractivity contribution in [1.29, 1.82) is 0 Å². The van der Waals surface area contributed by atoms with Gasteiger partial charge in [-0.25, -0.2) is 0 Å². The third-order valence-corrected chi connectivity index (χ3v) is 7.51. The molecule has 6 heteroatoms. The summed E-state index contributed by atoms with van der Waals surface area (Å²) in [4.78, 5) is 14.4. The zero-order valence-electron chi connectivity index (χ0n) is 23.3. The van der Waals surface area contributed by atoms with Crippen LogP contribution in [0.4, 0.5) is 11.4 Å². The predicted octanol–water partition coefficient (Wildman–Crippen LogP) is 9.30. The van der Waals surface area contributed by atoms with Gasteiger partial charge in [-0.3, -0.25) is 15.0 Å². The first kappa shape index (κ1) is 28.5. The zero-order valence-corrected chi connectivity index (χ0v) is 25.7. The minimum Gasteiger partial charge on any atom is -0.684 e. The molecule has 3 aromatic heterocycles. The van der Waals surface area contributed by atoms with E-state index in [2.05, 4.69) is 88.8 Å². The number of benzene rings is 3. The van der Waals surface area contributed by atoms with Gasteiger partial charge in [-0.1, -0.05) is 72.8 Å². The van der Waals surface area contributed by atoms with Gasteiger partial charge >= 0.3 is 20.1 Å². The number of hydrogen-bond acceptors (Lipinski definition) is 3. The van der Waals surface area contributed by atoms with Gasteiger partial charge in [0.15, 0.2) is 0 Å². The SMILES string of the molecule is [Ir+3].[c-]1c2cccc1C(Cc1ccccn1)[N-]c1ccccc1-c1cccc(n1)C(Cc1ccccn1)[N-]c1ccccc1-2. The van der Waals surface area contributed by atoms with E-state index in [9.17, 15) is 0 Å². The van der Waals surface area contributed by atoms with Crippen LogP contribution in [-0.4, -0.2) is 15.0 Å². The van der Waals surface area contributed by atoms with Gasteiger partial charge in [0.2, 0.25) is 0 Å². The summed E-state index contributed by atoms with van der Waals surface area (Å²) in [5, 5.41) is 10.7. The van der Waals surface area contributed by atoms with E-state index in [1.54, 1.807) is 0 Å². The summed E-state index contributed by atoms with van der Waals surface area (Å²) in [7, 11) is 0. The van der Waals surface area contributed by atoms with Gasteiger partial charge in [-0.05, 0) is 54.8 Å². The van der Waals surface area contributed by atoms with Crippen LogP contribution in [0.5, 0.6) is 0 Å². The number of rotatable bonds is 4. The van der Waals surface area contributed by atoms with E-state index in [-0.39, 0.29) is 32.2 Å². The maximum Gasteiger partial charge on any atom is 3.00 e. The normalized spacial score (nSPS) is 15.3. The Labute approximate surface area is 265 Å². The topological polar surface area (TPSA) is 66.9 Å². The van der Waals surface area contributed by atoms with Crippen molar-refractivity contribution in [2.24, 2.45) is 0 Å². The maximum atomic E-state index is 5.35. The Morgan fingerprint density at radius 1 is 0.558 bits per heavy atom. The van der Waals surface area contributed by atoms with E-state index < -0.39 is 0 Å². The monoisotopic (exact) mass is 735 g/mol. The fourth-order valence-corrected chi connectivity index (χ4v) is 5.45. The van der Waals surface area contributed by atoms with Crippen LogP contribution in [-0.2, 0) is 32.9 Å². The molecule has 210 valence electrons. The molecule has 6 aromatic rings. The van der Waals surface area contributed by atoms with Crippen molar-refractivity contribution in [2.75, 3.05) is 0 Å². The molecule has 7 rings (SSSR count). The molecule has 2 unspecified atom stereocenters. The average molecular weight is 735 g/mol. The summed E-state index contributed by atoms with van der Waals surface area (Å²) in [6.45, 7) is 0. The number of aromatic nitrogens is 3. The van der Waals surface area contributed by atoms with Crippen molar-refractivity contribution in [3.63, 3.8) is 0 Å². The molecule has 1 aliphatic rings. The fraction of sp³-hybridized carbons (Fsp3) is 0.108. The van der Waals surface area contributed by atoms with Crippen molar-refractivity contribution >= 4 is 11.4 Å². The molecule has 0 amide bonds. The predicted molar refractivity (Wildman–Crippen MR) is 168 cm³/mol. The molecular weight excluding hydrogens is 707 g/mol. The molecule has 0 N–H and O–H groups in total. The molecule has 2 atom stereocenters. The minimum atomic E-state index is -0.229. The number of fused-ring (bicyclic) bond motifs is 8. The van der Waals surface area contributed by atoms with Crippen LogP contribution >= 0.6 is 0 Å². The van der Waals surface area contributed by atoms with Gasteiger partial charge in [0.05, 0.1) is 5.69 Å². The third-order valence-electron chi connectivity index (χ3n) is 7.51. The van der Waals surface area contributed by atoms with Crippen LogP contribution in [0.15, 0.2) is 134 Å². The Morgan fingerprint density at radius 3 is 1.88 bits per heavy atom. The molecule has 4 bridgehead atoms. The van der Waals surface area contributed by atoms with Crippen LogP contribution in [0.2, 0.25) is 0 Å². The molecule has 0 spiro atoms. The Bertz CT molecular complexity index is 1670. The minimum absolute atomic E-state index is 0. The largest absolute Gasteiger partial charge is 3.00 e. The van der Waals surface area contributed by atoms with Crippen molar-refractivity contribution in [2.45, 2.75) is 24.9 Å². The average Bonchev–Trinajstić information content (AvgIpc) is 3.05. The van der Waals surface area contributed by atoms with Crippen molar-refractivity contribution in [3.05, 3.63) is 173 Å². The summed E-state index contributed by atoms with van der Waals surface area (Å²) in [6, 6.07) is 44.3. The first-order chi connectivity index (χ1) is 20.8.